The van der Waals surface area contributed by atoms with E-state index >= 15 is 0 Å². The summed E-state index contributed by atoms with van der Waals surface area (Å²) in [5.74, 6) is -0.383. The van der Waals surface area contributed by atoms with E-state index in [4.69, 9.17) is 0 Å². The lowest BCUT2D eigenvalue weighted by Crippen LogP contribution is -2.31. The second kappa shape index (κ2) is 5.80. The number of fused-ring (bicyclic) bond motifs is 1. The van der Waals surface area contributed by atoms with Gasteiger partial charge in [0.15, 0.2) is 0 Å². The summed E-state index contributed by atoms with van der Waals surface area (Å²) in [6, 6.07) is 17.4. The largest absolute Gasteiger partial charge is 0.272 e. The average Bonchev–Trinajstić information content (AvgIpc) is 2.87. The summed E-state index contributed by atoms with van der Waals surface area (Å²) in [6.07, 6.45) is 3.72. The maximum Gasteiger partial charge on any atom is 0.262 e. The highest BCUT2D eigenvalue weighted by Gasteiger charge is 2.45. The summed E-state index contributed by atoms with van der Waals surface area (Å²) < 4.78 is 0. The summed E-state index contributed by atoms with van der Waals surface area (Å²) >= 11 is 1.45. The molecule has 2 aliphatic rings. The Labute approximate surface area is 144 Å². The van der Waals surface area contributed by atoms with Crippen LogP contribution in [-0.4, -0.2) is 17.1 Å². The number of anilines is 1. The standard InChI is InChI=1S/C20H15NO2S/c1-13-7-9-15(10-8-13)21-19(22)16-11-12-17(24-18(16)20(21)23)14-5-3-2-4-6-14/h2-12,18H,1H3. The van der Waals surface area contributed by atoms with Crippen LogP contribution in [-0.2, 0) is 9.59 Å². The molecule has 2 heterocycles. The van der Waals surface area contributed by atoms with E-state index in [0.717, 1.165) is 16.0 Å². The number of rotatable bonds is 2. The lowest BCUT2D eigenvalue weighted by atomic mass is 10.1. The van der Waals surface area contributed by atoms with Crippen molar-refractivity contribution in [2.75, 3.05) is 4.90 Å². The molecule has 0 saturated carbocycles. The van der Waals surface area contributed by atoms with Crippen LogP contribution in [0.4, 0.5) is 5.69 Å². The molecular weight excluding hydrogens is 318 g/mol. The first-order valence-electron chi connectivity index (χ1n) is 7.74. The van der Waals surface area contributed by atoms with Crippen LogP contribution in [0.2, 0.25) is 0 Å². The molecule has 2 aromatic carbocycles. The third kappa shape index (κ3) is 2.39. The SMILES string of the molecule is Cc1ccc(N2C(=O)C3=CC=C(c4ccccc4)SC3C2=O)cc1. The maximum atomic E-state index is 12.8. The highest BCUT2D eigenvalue weighted by molar-refractivity contribution is 8.09. The summed E-state index contributed by atoms with van der Waals surface area (Å²) in [6.45, 7) is 1.98. The lowest BCUT2D eigenvalue weighted by Gasteiger charge is -2.16. The molecule has 1 fully saturated rings. The van der Waals surface area contributed by atoms with Crippen molar-refractivity contribution in [1.29, 1.82) is 0 Å². The third-order valence-corrected chi connectivity index (χ3v) is 5.50. The van der Waals surface area contributed by atoms with E-state index in [-0.39, 0.29) is 11.8 Å². The number of aryl methyl sites for hydroxylation is 1. The molecule has 118 valence electrons. The monoisotopic (exact) mass is 333 g/mol. The summed E-state index contributed by atoms with van der Waals surface area (Å²) in [7, 11) is 0. The van der Waals surface area contributed by atoms with Gasteiger partial charge in [-0.3, -0.25) is 9.59 Å². The number of carbonyl (C=O) groups excluding carboxylic acids is 2. The van der Waals surface area contributed by atoms with Crippen LogP contribution in [0, 0.1) is 6.92 Å². The molecule has 0 spiro atoms. The molecule has 1 atom stereocenters. The topological polar surface area (TPSA) is 37.4 Å². The molecule has 2 aromatic rings. The molecule has 4 rings (SSSR count). The van der Waals surface area contributed by atoms with Crippen molar-refractivity contribution in [3.63, 3.8) is 0 Å². The molecule has 0 bridgehead atoms. The van der Waals surface area contributed by atoms with Crippen molar-refractivity contribution in [1.82, 2.24) is 0 Å². The quantitative estimate of drug-likeness (QED) is 0.781. The van der Waals surface area contributed by atoms with Gasteiger partial charge in [-0.1, -0.05) is 54.1 Å². The van der Waals surface area contributed by atoms with E-state index in [9.17, 15) is 9.59 Å². The number of hydrogen-bond donors (Lipinski definition) is 0. The van der Waals surface area contributed by atoms with Crippen molar-refractivity contribution in [3.05, 3.63) is 83.4 Å². The van der Waals surface area contributed by atoms with E-state index < -0.39 is 5.25 Å². The van der Waals surface area contributed by atoms with Gasteiger partial charge in [-0.15, -0.1) is 11.8 Å². The van der Waals surface area contributed by atoms with E-state index in [1.807, 2.05) is 67.6 Å². The minimum atomic E-state index is -0.459. The van der Waals surface area contributed by atoms with E-state index in [2.05, 4.69) is 0 Å². The highest BCUT2D eigenvalue weighted by Crippen LogP contribution is 2.43. The minimum absolute atomic E-state index is 0.165. The fourth-order valence-corrected chi connectivity index (χ4v) is 4.09. The van der Waals surface area contributed by atoms with E-state index in [1.165, 1.54) is 16.7 Å². The molecule has 1 unspecified atom stereocenters. The molecule has 0 aliphatic carbocycles. The Morgan fingerprint density at radius 1 is 0.917 bits per heavy atom. The zero-order chi connectivity index (χ0) is 16.7. The van der Waals surface area contributed by atoms with Crippen LogP contribution < -0.4 is 4.90 Å². The predicted molar refractivity (Wildman–Crippen MR) is 97.6 cm³/mol. The van der Waals surface area contributed by atoms with E-state index in [1.54, 1.807) is 6.08 Å². The molecular formula is C20H15NO2S. The van der Waals surface area contributed by atoms with Gasteiger partial charge < -0.3 is 0 Å². The van der Waals surface area contributed by atoms with Crippen molar-refractivity contribution >= 4 is 34.2 Å². The maximum absolute atomic E-state index is 12.8. The Morgan fingerprint density at radius 3 is 2.33 bits per heavy atom. The molecule has 0 radical (unpaired) electrons. The zero-order valence-corrected chi connectivity index (χ0v) is 13.9. The molecule has 0 aromatic heterocycles. The minimum Gasteiger partial charge on any atom is -0.272 e. The summed E-state index contributed by atoms with van der Waals surface area (Å²) in [5.41, 5.74) is 3.35. The second-order valence-corrected chi connectivity index (χ2v) is 6.98. The fourth-order valence-electron chi connectivity index (χ4n) is 2.90. The first kappa shape index (κ1) is 15.0. The van der Waals surface area contributed by atoms with Crippen molar-refractivity contribution in [2.45, 2.75) is 12.2 Å². The molecule has 4 heteroatoms. The Morgan fingerprint density at radius 2 is 1.62 bits per heavy atom. The van der Waals surface area contributed by atoms with Crippen LogP contribution in [0.1, 0.15) is 11.1 Å². The van der Waals surface area contributed by atoms with Crippen LogP contribution in [0.5, 0.6) is 0 Å². The third-order valence-electron chi connectivity index (χ3n) is 4.19. The zero-order valence-electron chi connectivity index (χ0n) is 13.1. The Kier molecular flexibility index (Phi) is 3.62. The molecule has 1 saturated heterocycles. The van der Waals surface area contributed by atoms with Gasteiger partial charge in [0.1, 0.15) is 5.25 Å². The van der Waals surface area contributed by atoms with Crippen LogP contribution in [0.25, 0.3) is 4.91 Å². The Hall–Kier alpha value is -2.59. The number of carbonyl (C=O) groups is 2. The second-order valence-electron chi connectivity index (χ2n) is 5.83. The molecule has 2 amide bonds. The first-order chi connectivity index (χ1) is 11.6. The van der Waals surface area contributed by atoms with Crippen LogP contribution in [0.15, 0.2) is 72.3 Å². The normalized spacial score (nSPS) is 19.9. The van der Waals surface area contributed by atoms with Gasteiger partial charge in [-0.2, -0.15) is 0 Å². The van der Waals surface area contributed by atoms with Gasteiger partial charge in [0.05, 0.1) is 5.69 Å². The van der Waals surface area contributed by atoms with Crippen LogP contribution in [0.3, 0.4) is 0 Å². The van der Waals surface area contributed by atoms with Crippen LogP contribution >= 0.6 is 11.8 Å². The van der Waals surface area contributed by atoms with Gasteiger partial charge >= 0.3 is 0 Å². The highest BCUT2D eigenvalue weighted by atomic mass is 32.2. The van der Waals surface area contributed by atoms with Crippen molar-refractivity contribution in [3.8, 4) is 0 Å². The number of imide groups is 1. The lowest BCUT2D eigenvalue weighted by molar-refractivity contribution is -0.120. The fraction of sp³-hybridized carbons (Fsp3) is 0.100. The number of thioether (sulfide) groups is 1. The molecule has 3 nitrogen and oxygen atoms in total. The van der Waals surface area contributed by atoms with Gasteiger partial charge in [-0.05, 0) is 30.7 Å². The summed E-state index contributed by atoms with van der Waals surface area (Å²) in [5, 5.41) is -0.459. The molecule has 0 N–H and O–H groups in total. The van der Waals surface area contributed by atoms with Crippen molar-refractivity contribution < 1.29 is 9.59 Å². The molecule has 2 aliphatic heterocycles. The number of amides is 2. The van der Waals surface area contributed by atoms with Crippen molar-refractivity contribution in [2.24, 2.45) is 0 Å². The molecule has 24 heavy (non-hydrogen) atoms. The number of hydrogen-bond acceptors (Lipinski definition) is 3. The van der Waals surface area contributed by atoms with Gasteiger partial charge in [-0.25, -0.2) is 4.90 Å². The van der Waals surface area contributed by atoms with Gasteiger partial charge in [0.25, 0.3) is 11.8 Å². The number of allylic oxidation sites excluding steroid dienone is 2. The average molecular weight is 333 g/mol. The van der Waals surface area contributed by atoms with Gasteiger partial charge in [0.2, 0.25) is 0 Å². The smallest absolute Gasteiger partial charge is 0.262 e. The first-order valence-corrected chi connectivity index (χ1v) is 8.62. The van der Waals surface area contributed by atoms with E-state index in [0.29, 0.717) is 11.3 Å². The number of nitrogens with zero attached hydrogens (tertiary/aromatic N) is 1. The summed E-state index contributed by atoms with van der Waals surface area (Å²) in [4.78, 5) is 27.8. The predicted octanol–water partition coefficient (Wildman–Crippen LogP) is 3.95. The Balaban J connectivity index is 1.67. The van der Waals surface area contributed by atoms with Gasteiger partial charge in [0, 0.05) is 10.5 Å². The Bertz CT molecular complexity index is 882. The number of benzene rings is 2.